The Morgan fingerprint density at radius 2 is 2.33 bits per heavy atom. The maximum absolute atomic E-state index is 10.3. The molecule has 0 saturated heterocycles. The standard InChI is InChI=1S/C9H15N3O2S/c1-6(10)9-4-3-8(7(2)12-9)5-11-15(13)14/h3-4,6,11H,5,10H2,1-2H3,(H,13,14)/p-1/t6-/m1/s1. The zero-order chi connectivity index (χ0) is 11.4. The van der Waals surface area contributed by atoms with Gasteiger partial charge < -0.3 is 10.3 Å². The van der Waals surface area contributed by atoms with Gasteiger partial charge in [0.25, 0.3) is 0 Å². The first-order valence-electron chi connectivity index (χ1n) is 4.55. The number of aromatic nitrogens is 1. The minimum atomic E-state index is -2.24. The van der Waals surface area contributed by atoms with Crippen molar-refractivity contribution in [3.05, 3.63) is 29.1 Å². The molecule has 0 amide bonds. The molecule has 0 bridgehead atoms. The molecule has 5 nitrogen and oxygen atoms in total. The van der Waals surface area contributed by atoms with E-state index < -0.39 is 11.3 Å². The molecule has 0 aliphatic heterocycles. The molecule has 6 heteroatoms. The van der Waals surface area contributed by atoms with Gasteiger partial charge >= 0.3 is 0 Å². The van der Waals surface area contributed by atoms with Gasteiger partial charge in [-0.05, 0) is 25.5 Å². The molecule has 1 rings (SSSR count). The van der Waals surface area contributed by atoms with Crippen molar-refractivity contribution in [2.24, 2.45) is 5.73 Å². The van der Waals surface area contributed by atoms with Gasteiger partial charge in [-0.15, -0.1) is 0 Å². The molecule has 0 fully saturated rings. The van der Waals surface area contributed by atoms with Crippen LogP contribution in [0.5, 0.6) is 0 Å². The lowest BCUT2D eigenvalue weighted by molar-refractivity contribution is 0.522. The van der Waals surface area contributed by atoms with Crippen molar-refractivity contribution in [1.29, 1.82) is 0 Å². The molecule has 84 valence electrons. The van der Waals surface area contributed by atoms with Crippen LogP contribution >= 0.6 is 0 Å². The maximum Gasteiger partial charge on any atom is 0.0571 e. The van der Waals surface area contributed by atoms with Gasteiger partial charge in [0.15, 0.2) is 0 Å². The van der Waals surface area contributed by atoms with E-state index in [0.717, 1.165) is 17.0 Å². The van der Waals surface area contributed by atoms with Gasteiger partial charge in [0.05, 0.1) is 5.69 Å². The Bertz CT molecular complexity index is 368. The predicted molar refractivity (Wildman–Crippen MR) is 57.3 cm³/mol. The summed E-state index contributed by atoms with van der Waals surface area (Å²) in [5.74, 6) is 0. The van der Waals surface area contributed by atoms with Crippen LogP contribution in [0.1, 0.15) is 29.9 Å². The van der Waals surface area contributed by atoms with E-state index >= 15 is 0 Å². The van der Waals surface area contributed by atoms with Crippen molar-refractivity contribution in [3.8, 4) is 0 Å². The summed E-state index contributed by atoms with van der Waals surface area (Å²) in [5.41, 5.74) is 8.13. The minimum Gasteiger partial charge on any atom is -0.760 e. The fourth-order valence-electron chi connectivity index (χ4n) is 1.19. The van der Waals surface area contributed by atoms with Crippen LogP contribution in [0.4, 0.5) is 0 Å². The number of hydrogen-bond acceptors (Lipinski definition) is 4. The average molecular weight is 228 g/mol. The van der Waals surface area contributed by atoms with Crippen LogP contribution in [0, 0.1) is 6.92 Å². The summed E-state index contributed by atoms with van der Waals surface area (Å²) in [6.45, 7) is 3.94. The Hall–Kier alpha value is -0.820. The summed E-state index contributed by atoms with van der Waals surface area (Å²) >= 11 is -2.24. The lowest BCUT2D eigenvalue weighted by atomic mass is 10.1. The molecule has 0 aliphatic carbocycles. The van der Waals surface area contributed by atoms with Gasteiger partial charge in [0.1, 0.15) is 0 Å². The Morgan fingerprint density at radius 3 is 2.80 bits per heavy atom. The van der Waals surface area contributed by atoms with Gasteiger partial charge in [-0.2, -0.15) is 0 Å². The molecule has 1 unspecified atom stereocenters. The fourth-order valence-corrected chi connectivity index (χ4v) is 1.46. The van der Waals surface area contributed by atoms with E-state index in [2.05, 4.69) is 9.71 Å². The van der Waals surface area contributed by atoms with Crippen LogP contribution in [0.2, 0.25) is 0 Å². The van der Waals surface area contributed by atoms with Gasteiger partial charge in [0.2, 0.25) is 0 Å². The van der Waals surface area contributed by atoms with Crippen LogP contribution in [0.3, 0.4) is 0 Å². The zero-order valence-electron chi connectivity index (χ0n) is 8.69. The Balaban J connectivity index is 2.79. The fraction of sp³-hybridized carbons (Fsp3) is 0.444. The van der Waals surface area contributed by atoms with Crippen LogP contribution in [0.15, 0.2) is 12.1 Å². The topological polar surface area (TPSA) is 91.1 Å². The second-order valence-electron chi connectivity index (χ2n) is 3.33. The quantitative estimate of drug-likeness (QED) is 0.725. The van der Waals surface area contributed by atoms with Crippen LogP contribution in [0.25, 0.3) is 0 Å². The van der Waals surface area contributed by atoms with Gasteiger partial charge in [-0.25, -0.2) is 4.72 Å². The SMILES string of the molecule is Cc1nc([C@@H](C)N)ccc1CNS(=O)[O-]. The zero-order valence-corrected chi connectivity index (χ0v) is 9.50. The van der Waals surface area contributed by atoms with Crippen molar-refractivity contribution < 1.29 is 8.76 Å². The first kappa shape index (κ1) is 12.3. The molecule has 0 saturated carbocycles. The molecule has 2 atom stereocenters. The molecule has 3 N–H and O–H groups in total. The third kappa shape index (κ3) is 3.67. The Labute approximate surface area is 91.5 Å². The monoisotopic (exact) mass is 228 g/mol. The van der Waals surface area contributed by atoms with Crippen molar-refractivity contribution in [3.63, 3.8) is 0 Å². The lowest BCUT2D eigenvalue weighted by Crippen LogP contribution is -2.17. The summed E-state index contributed by atoms with van der Waals surface area (Å²) in [7, 11) is 0. The number of pyridine rings is 1. The molecular formula is C9H14N3O2S-. The van der Waals surface area contributed by atoms with Crippen molar-refractivity contribution in [1.82, 2.24) is 9.71 Å². The van der Waals surface area contributed by atoms with E-state index in [0.29, 0.717) is 0 Å². The molecule has 0 aromatic carbocycles. The van der Waals surface area contributed by atoms with Crippen LogP contribution in [-0.2, 0) is 17.8 Å². The molecule has 1 aromatic rings. The normalized spacial score (nSPS) is 14.9. The second kappa shape index (κ2) is 5.32. The van der Waals surface area contributed by atoms with Gasteiger partial charge in [-0.1, -0.05) is 6.07 Å². The van der Waals surface area contributed by atoms with E-state index in [1.165, 1.54) is 0 Å². The summed E-state index contributed by atoms with van der Waals surface area (Å²) in [4.78, 5) is 4.28. The number of hydrogen-bond donors (Lipinski definition) is 2. The van der Waals surface area contributed by atoms with E-state index in [1.54, 1.807) is 0 Å². The summed E-state index contributed by atoms with van der Waals surface area (Å²) < 4.78 is 22.9. The first-order chi connectivity index (χ1) is 7.00. The molecular weight excluding hydrogens is 214 g/mol. The minimum absolute atomic E-state index is 0.112. The highest BCUT2D eigenvalue weighted by atomic mass is 32.2. The smallest absolute Gasteiger partial charge is 0.0571 e. The number of nitrogens with one attached hydrogen (secondary N) is 1. The molecule has 0 radical (unpaired) electrons. The van der Waals surface area contributed by atoms with E-state index in [1.807, 2.05) is 26.0 Å². The Kier molecular flexibility index (Phi) is 4.34. The Morgan fingerprint density at radius 1 is 1.67 bits per heavy atom. The first-order valence-corrected chi connectivity index (χ1v) is 5.63. The van der Waals surface area contributed by atoms with Gasteiger partial charge in [0, 0.05) is 29.5 Å². The van der Waals surface area contributed by atoms with E-state index in [-0.39, 0.29) is 12.6 Å². The summed E-state index contributed by atoms with van der Waals surface area (Å²) in [5, 5.41) is 0. The third-order valence-corrected chi connectivity index (χ3v) is 2.44. The van der Waals surface area contributed by atoms with Crippen LogP contribution in [-0.4, -0.2) is 13.7 Å². The largest absolute Gasteiger partial charge is 0.760 e. The summed E-state index contributed by atoms with van der Waals surface area (Å²) in [6, 6.07) is 3.53. The highest BCUT2D eigenvalue weighted by Gasteiger charge is 2.04. The summed E-state index contributed by atoms with van der Waals surface area (Å²) in [6.07, 6.45) is 0. The molecule has 1 heterocycles. The highest BCUT2D eigenvalue weighted by molar-refractivity contribution is 7.77. The van der Waals surface area contributed by atoms with Gasteiger partial charge in [-0.3, -0.25) is 9.19 Å². The third-order valence-electron chi connectivity index (χ3n) is 2.06. The number of rotatable bonds is 4. The molecule has 0 aliphatic rings. The molecule has 15 heavy (non-hydrogen) atoms. The van der Waals surface area contributed by atoms with E-state index in [9.17, 15) is 8.76 Å². The second-order valence-corrected chi connectivity index (χ2v) is 4.08. The molecule has 0 spiro atoms. The number of nitrogens with two attached hydrogens (primary N) is 1. The van der Waals surface area contributed by atoms with Crippen molar-refractivity contribution in [2.75, 3.05) is 0 Å². The lowest BCUT2D eigenvalue weighted by Gasteiger charge is -2.11. The predicted octanol–water partition coefficient (Wildman–Crippen LogP) is 0.293. The highest BCUT2D eigenvalue weighted by Crippen LogP contribution is 2.11. The molecule has 1 aromatic heterocycles. The number of nitrogens with zero attached hydrogens (tertiary/aromatic N) is 1. The average Bonchev–Trinajstić information content (AvgIpc) is 2.15. The van der Waals surface area contributed by atoms with E-state index in [4.69, 9.17) is 5.73 Å². The van der Waals surface area contributed by atoms with Crippen LogP contribution < -0.4 is 10.5 Å². The number of aryl methyl sites for hydroxylation is 1. The van der Waals surface area contributed by atoms with Crippen molar-refractivity contribution in [2.45, 2.75) is 26.4 Å². The maximum atomic E-state index is 10.3. The van der Waals surface area contributed by atoms with Crippen molar-refractivity contribution >= 4 is 11.3 Å².